The van der Waals surface area contributed by atoms with Crippen LogP contribution < -0.4 is 5.32 Å². The first-order valence-corrected chi connectivity index (χ1v) is 28.8. The minimum Gasteiger partial charge on any atom is -0.466 e. The quantitative estimate of drug-likeness (QED) is 0.0478. The Kier molecular flexibility index (Phi) is 44.1. The number of hydrogen-bond acceptors (Lipinski definition) is 8. The summed E-state index contributed by atoms with van der Waals surface area (Å²) < 4.78 is 5.51. The van der Waals surface area contributed by atoms with E-state index in [-0.39, 0.29) is 5.97 Å². The van der Waals surface area contributed by atoms with Gasteiger partial charge in [0.15, 0.2) is 0 Å². The number of nitrogens with one attached hydrogen (secondary N) is 1. The fraction of sp³-hybridized carbons (Fsp3) is 0.964. The van der Waals surface area contributed by atoms with Gasteiger partial charge in [0, 0.05) is 45.7 Å². The lowest BCUT2D eigenvalue weighted by Gasteiger charge is -2.35. The number of carbonyl (C=O) groups excluding carboxylic acids is 2. The average Bonchev–Trinajstić information content (AvgIpc) is 3.30. The van der Waals surface area contributed by atoms with Crippen molar-refractivity contribution in [2.75, 3.05) is 91.8 Å². The summed E-state index contributed by atoms with van der Waals surface area (Å²) in [5.74, 6) is 1.21. The fourth-order valence-corrected chi connectivity index (χ4v) is 9.48. The molecule has 2 unspecified atom stereocenters. The van der Waals surface area contributed by atoms with Gasteiger partial charge in [-0.15, -0.1) is 0 Å². The molecule has 65 heavy (non-hydrogen) atoms. The van der Waals surface area contributed by atoms with E-state index in [4.69, 9.17) is 9.57 Å². The number of rotatable bonds is 49. The number of esters is 1. The topological polar surface area (TPSA) is 77.6 Å². The Labute approximate surface area is 405 Å². The van der Waals surface area contributed by atoms with Crippen LogP contribution in [0.4, 0.5) is 0 Å². The highest BCUT2D eigenvalue weighted by Gasteiger charge is 2.24. The van der Waals surface area contributed by atoms with Crippen LogP contribution >= 0.6 is 0 Å². The second-order valence-corrected chi connectivity index (χ2v) is 20.4. The molecule has 386 valence electrons. The summed E-state index contributed by atoms with van der Waals surface area (Å²) in [6.07, 6.45) is 40.5. The Morgan fingerprint density at radius 2 is 0.985 bits per heavy atom. The zero-order chi connectivity index (χ0) is 47.3. The number of nitrogens with zero attached hydrogens (tertiary/aromatic N) is 4. The molecule has 0 aromatic rings. The van der Waals surface area contributed by atoms with Crippen LogP contribution in [0.3, 0.4) is 0 Å². The van der Waals surface area contributed by atoms with E-state index in [1.165, 1.54) is 186 Å². The van der Waals surface area contributed by atoms with E-state index in [2.05, 4.69) is 66.6 Å². The van der Waals surface area contributed by atoms with E-state index < -0.39 is 0 Å². The second-order valence-electron chi connectivity index (χ2n) is 20.4. The van der Waals surface area contributed by atoms with Crippen LogP contribution in [0.5, 0.6) is 0 Å². The summed E-state index contributed by atoms with van der Waals surface area (Å²) in [5, 5.41) is 5.78. The summed E-state index contributed by atoms with van der Waals surface area (Å²) in [6, 6.07) is 0. The van der Waals surface area contributed by atoms with Gasteiger partial charge in [-0.3, -0.25) is 19.3 Å². The van der Waals surface area contributed by atoms with Crippen molar-refractivity contribution in [3.05, 3.63) is 0 Å². The zero-order valence-corrected chi connectivity index (χ0v) is 44.6. The van der Waals surface area contributed by atoms with Crippen LogP contribution in [0.15, 0.2) is 0 Å². The van der Waals surface area contributed by atoms with Crippen molar-refractivity contribution in [1.82, 2.24) is 25.1 Å². The smallest absolute Gasteiger partial charge is 0.306 e. The molecule has 9 nitrogen and oxygen atoms in total. The maximum atomic E-state index is 13.9. The SMILES string of the molecule is CCCCCCCCCN(CCCCCCCCC)CCN(CCCCCCCCC)CC(=O)N1CCN(OCCC(CCCCCCC)CNCCCOC(=O)CC(C)CCC)CC1. The molecule has 0 aliphatic carbocycles. The minimum absolute atomic E-state index is 0.0562. The predicted octanol–water partition coefficient (Wildman–Crippen LogP) is 13.6. The van der Waals surface area contributed by atoms with Crippen LogP contribution in [0.25, 0.3) is 0 Å². The maximum absolute atomic E-state index is 13.9. The first kappa shape index (κ1) is 61.8. The van der Waals surface area contributed by atoms with Crippen LogP contribution in [0.1, 0.15) is 247 Å². The monoisotopic (exact) mass is 920 g/mol. The van der Waals surface area contributed by atoms with Crippen molar-refractivity contribution in [3.8, 4) is 0 Å². The van der Waals surface area contributed by atoms with Crippen molar-refractivity contribution in [1.29, 1.82) is 0 Å². The Bertz CT molecular complexity index is 1010. The molecule has 1 aliphatic rings. The number of carbonyl (C=O) groups is 2. The van der Waals surface area contributed by atoms with E-state index in [0.29, 0.717) is 37.3 Å². The molecule has 9 heteroatoms. The van der Waals surface area contributed by atoms with Crippen molar-refractivity contribution < 1.29 is 19.2 Å². The minimum atomic E-state index is -0.0562. The highest BCUT2D eigenvalue weighted by atomic mass is 16.7. The van der Waals surface area contributed by atoms with E-state index in [1.54, 1.807) is 0 Å². The Morgan fingerprint density at radius 1 is 0.508 bits per heavy atom. The first-order chi connectivity index (χ1) is 31.9. The standard InChI is InChI=1S/C56H113N5O4/c1-7-12-16-20-23-27-31-39-58(40-32-28-24-21-17-13-8-2)42-43-59(41-33-29-25-22-18-14-9-3)52-55(62)60-44-46-61(47-45-60)65-49-37-54(36-30-26-19-15-10-4)51-57-38-34-48-64-56(63)50-53(6)35-11-5/h53-54,57H,7-52H2,1-6H3. The summed E-state index contributed by atoms with van der Waals surface area (Å²) in [7, 11) is 0. The van der Waals surface area contributed by atoms with Crippen molar-refractivity contribution in [3.63, 3.8) is 0 Å². The number of amides is 1. The summed E-state index contributed by atoms with van der Waals surface area (Å²) in [4.78, 5) is 39.8. The lowest BCUT2D eigenvalue weighted by molar-refractivity contribution is -0.182. The van der Waals surface area contributed by atoms with Gasteiger partial charge in [-0.05, 0) is 83.1 Å². The third kappa shape index (κ3) is 38.3. The zero-order valence-electron chi connectivity index (χ0n) is 44.6. The molecule has 1 fully saturated rings. The van der Waals surface area contributed by atoms with Gasteiger partial charge in [-0.25, -0.2) is 0 Å². The number of hydrogen-bond donors (Lipinski definition) is 1. The molecule has 0 spiro atoms. The first-order valence-electron chi connectivity index (χ1n) is 28.8. The molecule has 0 aromatic carbocycles. The number of piperazine rings is 1. The third-order valence-electron chi connectivity index (χ3n) is 13.9. The molecule has 0 aromatic heterocycles. The molecular formula is C56H113N5O4. The van der Waals surface area contributed by atoms with Crippen molar-refractivity contribution in [2.24, 2.45) is 11.8 Å². The largest absolute Gasteiger partial charge is 0.466 e. The molecule has 1 rings (SSSR count). The van der Waals surface area contributed by atoms with Crippen LogP contribution in [-0.2, 0) is 19.2 Å². The molecule has 0 radical (unpaired) electrons. The van der Waals surface area contributed by atoms with Crippen LogP contribution in [-0.4, -0.2) is 123 Å². The molecule has 1 N–H and O–H groups in total. The van der Waals surface area contributed by atoms with Gasteiger partial charge < -0.3 is 19.9 Å². The van der Waals surface area contributed by atoms with Gasteiger partial charge in [-0.2, -0.15) is 5.06 Å². The van der Waals surface area contributed by atoms with Gasteiger partial charge >= 0.3 is 5.97 Å². The van der Waals surface area contributed by atoms with E-state index in [9.17, 15) is 9.59 Å². The van der Waals surface area contributed by atoms with Crippen LogP contribution in [0, 0.1) is 11.8 Å². The molecule has 1 aliphatic heterocycles. The summed E-state index contributed by atoms with van der Waals surface area (Å²) in [6.45, 7) is 25.7. The molecular weight excluding hydrogens is 807 g/mol. The van der Waals surface area contributed by atoms with Gasteiger partial charge in [0.05, 0.1) is 19.8 Å². The molecule has 0 saturated carbocycles. The molecule has 1 amide bonds. The maximum Gasteiger partial charge on any atom is 0.306 e. The average molecular weight is 921 g/mol. The van der Waals surface area contributed by atoms with Crippen LogP contribution in [0.2, 0.25) is 0 Å². The molecule has 2 atom stereocenters. The number of unbranched alkanes of at least 4 members (excludes halogenated alkanes) is 22. The van der Waals surface area contributed by atoms with E-state index in [0.717, 1.165) is 91.2 Å². The van der Waals surface area contributed by atoms with Gasteiger partial charge in [0.2, 0.25) is 5.91 Å². The predicted molar refractivity (Wildman–Crippen MR) is 280 cm³/mol. The number of hydroxylamine groups is 2. The van der Waals surface area contributed by atoms with Gasteiger partial charge in [-0.1, -0.05) is 202 Å². The van der Waals surface area contributed by atoms with E-state index in [1.807, 2.05) is 0 Å². The van der Waals surface area contributed by atoms with Gasteiger partial charge in [0.1, 0.15) is 0 Å². The lowest BCUT2D eigenvalue weighted by atomic mass is 9.97. The lowest BCUT2D eigenvalue weighted by Crippen LogP contribution is -2.51. The third-order valence-corrected chi connectivity index (χ3v) is 13.9. The Hall–Kier alpha value is -1.26. The Balaban J connectivity index is 2.66. The summed E-state index contributed by atoms with van der Waals surface area (Å²) >= 11 is 0. The van der Waals surface area contributed by atoms with Crippen molar-refractivity contribution >= 4 is 11.9 Å². The second kappa shape index (κ2) is 46.5. The Morgan fingerprint density at radius 3 is 1.51 bits per heavy atom. The van der Waals surface area contributed by atoms with Crippen molar-refractivity contribution in [2.45, 2.75) is 247 Å². The number of ether oxygens (including phenoxy) is 1. The normalized spacial score (nSPS) is 14.5. The van der Waals surface area contributed by atoms with Gasteiger partial charge in [0.25, 0.3) is 0 Å². The highest BCUT2D eigenvalue weighted by molar-refractivity contribution is 5.78. The van der Waals surface area contributed by atoms with E-state index >= 15 is 0 Å². The molecule has 0 bridgehead atoms. The molecule has 1 saturated heterocycles. The summed E-state index contributed by atoms with van der Waals surface area (Å²) in [5.41, 5.74) is 0. The fourth-order valence-electron chi connectivity index (χ4n) is 9.48. The molecule has 1 heterocycles. The highest BCUT2D eigenvalue weighted by Crippen LogP contribution is 2.17.